The van der Waals surface area contributed by atoms with E-state index in [9.17, 15) is 4.79 Å². The second kappa shape index (κ2) is 10.4. The lowest BCUT2D eigenvalue weighted by Crippen LogP contribution is -2.62. The van der Waals surface area contributed by atoms with Crippen molar-refractivity contribution >= 4 is 36.0 Å². The van der Waals surface area contributed by atoms with Gasteiger partial charge < -0.3 is 24.6 Å². The van der Waals surface area contributed by atoms with E-state index in [2.05, 4.69) is 15.1 Å². The van der Waals surface area contributed by atoms with Gasteiger partial charge in [0.1, 0.15) is 5.60 Å². The Balaban J connectivity index is 0.00000272. The van der Waals surface area contributed by atoms with Crippen LogP contribution in [0.5, 0.6) is 0 Å². The molecule has 1 unspecified atom stereocenters. The molecule has 0 aromatic heterocycles. The number of halogens is 1. The van der Waals surface area contributed by atoms with E-state index < -0.39 is 5.60 Å². The first kappa shape index (κ1) is 24.8. The SMILES string of the molecule is CC(C)(C)OC(=O)N1CCN2C(NCC3(N4CCOCC4)CCCCC3)=NCC2C1.I. The zero-order valence-corrected chi connectivity index (χ0v) is 21.7. The predicted molar refractivity (Wildman–Crippen MR) is 132 cm³/mol. The fraction of sp³-hybridized carbons (Fsp3) is 0.909. The fourth-order valence-corrected chi connectivity index (χ4v) is 5.32. The molecule has 31 heavy (non-hydrogen) atoms. The molecule has 178 valence electrons. The summed E-state index contributed by atoms with van der Waals surface area (Å²) < 4.78 is 11.2. The molecule has 1 amide bonds. The van der Waals surface area contributed by atoms with Crippen LogP contribution in [0.2, 0.25) is 0 Å². The van der Waals surface area contributed by atoms with E-state index in [1.54, 1.807) is 0 Å². The molecular formula is C22H40IN5O3. The Morgan fingerprint density at radius 1 is 1.16 bits per heavy atom. The number of nitrogens with one attached hydrogen (secondary N) is 1. The van der Waals surface area contributed by atoms with Crippen LogP contribution in [0.4, 0.5) is 4.79 Å². The molecule has 0 aromatic carbocycles. The number of nitrogens with zero attached hydrogens (tertiary/aromatic N) is 4. The van der Waals surface area contributed by atoms with Crippen LogP contribution in [0.1, 0.15) is 52.9 Å². The van der Waals surface area contributed by atoms with Crippen LogP contribution < -0.4 is 5.32 Å². The maximum Gasteiger partial charge on any atom is 0.410 e. The Morgan fingerprint density at radius 2 is 1.87 bits per heavy atom. The van der Waals surface area contributed by atoms with Crippen LogP contribution in [-0.4, -0.2) is 103 Å². The molecule has 0 spiro atoms. The molecule has 1 N–H and O–H groups in total. The molecule has 3 fully saturated rings. The summed E-state index contributed by atoms with van der Waals surface area (Å²) in [7, 11) is 0. The number of amides is 1. The number of rotatable bonds is 3. The zero-order valence-electron chi connectivity index (χ0n) is 19.4. The van der Waals surface area contributed by atoms with Crippen molar-refractivity contribution in [3.05, 3.63) is 0 Å². The van der Waals surface area contributed by atoms with E-state index in [0.717, 1.165) is 51.9 Å². The Hall–Kier alpha value is -0.810. The molecule has 1 saturated carbocycles. The smallest absolute Gasteiger partial charge is 0.410 e. The normalized spacial score (nSPS) is 26.5. The van der Waals surface area contributed by atoms with Crippen LogP contribution in [0, 0.1) is 0 Å². The summed E-state index contributed by atoms with van der Waals surface area (Å²) in [6, 6.07) is 0.250. The molecule has 1 atom stereocenters. The van der Waals surface area contributed by atoms with Gasteiger partial charge in [-0.25, -0.2) is 4.79 Å². The highest BCUT2D eigenvalue weighted by atomic mass is 127. The molecule has 9 heteroatoms. The van der Waals surface area contributed by atoms with Crippen LogP contribution in [-0.2, 0) is 9.47 Å². The second-order valence-electron chi connectivity index (χ2n) is 10.2. The number of hydrogen-bond donors (Lipinski definition) is 1. The number of carbonyl (C=O) groups excluding carboxylic acids is 1. The summed E-state index contributed by atoms with van der Waals surface area (Å²) in [4.78, 5) is 24.1. The van der Waals surface area contributed by atoms with E-state index >= 15 is 0 Å². The van der Waals surface area contributed by atoms with E-state index in [-0.39, 0.29) is 41.7 Å². The van der Waals surface area contributed by atoms with Gasteiger partial charge in [-0.3, -0.25) is 9.89 Å². The maximum atomic E-state index is 12.4. The van der Waals surface area contributed by atoms with Gasteiger partial charge in [-0.2, -0.15) is 0 Å². The average molecular weight is 549 g/mol. The number of morpholine rings is 1. The summed E-state index contributed by atoms with van der Waals surface area (Å²) in [5.41, 5.74) is -0.234. The largest absolute Gasteiger partial charge is 0.444 e. The molecule has 0 aromatic rings. The van der Waals surface area contributed by atoms with Gasteiger partial charge in [0, 0.05) is 44.8 Å². The topological polar surface area (TPSA) is 69.6 Å². The quantitative estimate of drug-likeness (QED) is 0.546. The van der Waals surface area contributed by atoms with Gasteiger partial charge in [0.05, 0.1) is 25.8 Å². The Labute approximate surface area is 204 Å². The summed E-state index contributed by atoms with van der Waals surface area (Å²) in [5, 5.41) is 3.73. The van der Waals surface area contributed by atoms with E-state index in [0.29, 0.717) is 13.1 Å². The van der Waals surface area contributed by atoms with Gasteiger partial charge >= 0.3 is 6.09 Å². The molecule has 4 rings (SSSR count). The third-order valence-electron chi connectivity index (χ3n) is 6.90. The summed E-state index contributed by atoms with van der Waals surface area (Å²) in [5.74, 6) is 1.02. The van der Waals surface area contributed by atoms with Crippen LogP contribution in [0.3, 0.4) is 0 Å². The van der Waals surface area contributed by atoms with Crippen molar-refractivity contribution in [2.75, 3.05) is 59.0 Å². The highest BCUT2D eigenvalue weighted by molar-refractivity contribution is 14.0. The monoisotopic (exact) mass is 549 g/mol. The van der Waals surface area contributed by atoms with Crippen molar-refractivity contribution in [3.63, 3.8) is 0 Å². The molecule has 8 nitrogen and oxygen atoms in total. The molecule has 3 heterocycles. The van der Waals surface area contributed by atoms with Gasteiger partial charge in [-0.05, 0) is 33.6 Å². The predicted octanol–water partition coefficient (Wildman–Crippen LogP) is 2.52. The van der Waals surface area contributed by atoms with Crippen LogP contribution >= 0.6 is 24.0 Å². The number of hydrogen-bond acceptors (Lipinski definition) is 7. The number of ether oxygens (including phenoxy) is 2. The highest BCUT2D eigenvalue weighted by Crippen LogP contribution is 2.34. The Kier molecular flexibility index (Phi) is 8.34. The van der Waals surface area contributed by atoms with Gasteiger partial charge in [0.2, 0.25) is 0 Å². The third-order valence-corrected chi connectivity index (χ3v) is 6.90. The van der Waals surface area contributed by atoms with Crippen molar-refractivity contribution in [3.8, 4) is 0 Å². The first-order chi connectivity index (χ1) is 14.4. The number of aliphatic imine (C=N–C) groups is 1. The molecular weight excluding hydrogens is 509 g/mol. The number of fused-ring (bicyclic) bond motifs is 1. The molecule has 2 saturated heterocycles. The second-order valence-corrected chi connectivity index (χ2v) is 10.2. The molecule has 3 aliphatic heterocycles. The number of piperazine rings is 1. The van der Waals surface area contributed by atoms with Gasteiger partial charge in [-0.15, -0.1) is 24.0 Å². The molecule has 4 aliphatic rings. The lowest BCUT2D eigenvalue weighted by molar-refractivity contribution is -0.0355. The lowest BCUT2D eigenvalue weighted by Gasteiger charge is -2.48. The summed E-state index contributed by atoms with van der Waals surface area (Å²) in [6.45, 7) is 13.4. The summed E-state index contributed by atoms with van der Waals surface area (Å²) >= 11 is 0. The summed E-state index contributed by atoms with van der Waals surface area (Å²) in [6.07, 6.45) is 6.26. The van der Waals surface area contributed by atoms with Crippen molar-refractivity contribution in [2.45, 2.75) is 70.1 Å². The zero-order chi connectivity index (χ0) is 21.2. The van der Waals surface area contributed by atoms with E-state index in [4.69, 9.17) is 14.5 Å². The van der Waals surface area contributed by atoms with Gasteiger partial charge in [0.25, 0.3) is 0 Å². The van der Waals surface area contributed by atoms with Crippen LogP contribution in [0.15, 0.2) is 4.99 Å². The van der Waals surface area contributed by atoms with Gasteiger partial charge in [-0.1, -0.05) is 19.3 Å². The Bertz CT molecular complexity index is 642. The highest BCUT2D eigenvalue weighted by Gasteiger charge is 2.41. The van der Waals surface area contributed by atoms with Crippen molar-refractivity contribution in [1.29, 1.82) is 0 Å². The number of carbonyl (C=O) groups is 1. The molecule has 1 aliphatic carbocycles. The average Bonchev–Trinajstić information content (AvgIpc) is 3.15. The Morgan fingerprint density at radius 3 is 2.55 bits per heavy atom. The minimum atomic E-state index is -0.457. The van der Waals surface area contributed by atoms with Crippen molar-refractivity contribution < 1.29 is 14.3 Å². The first-order valence-electron chi connectivity index (χ1n) is 11.7. The van der Waals surface area contributed by atoms with Gasteiger partial charge in [0.15, 0.2) is 5.96 Å². The number of guanidine groups is 1. The van der Waals surface area contributed by atoms with Crippen molar-refractivity contribution in [1.82, 2.24) is 20.0 Å². The maximum absolute atomic E-state index is 12.4. The third kappa shape index (κ3) is 5.96. The minimum Gasteiger partial charge on any atom is -0.444 e. The first-order valence-corrected chi connectivity index (χ1v) is 11.7. The van der Waals surface area contributed by atoms with Crippen molar-refractivity contribution in [2.24, 2.45) is 4.99 Å². The van der Waals surface area contributed by atoms with Crippen LogP contribution in [0.25, 0.3) is 0 Å². The minimum absolute atomic E-state index is 0. The van der Waals surface area contributed by atoms with E-state index in [1.807, 2.05) is 25.7 Å². The van der Waals surface area contributed by atoms with E-state index in [1.165, 1.54) is 32.1 Å². The fourth-order valence-electron chi connectivity index (χ4n) is 5.32. The molecule has 0 radical (unpaired) electrons. The lowest BCUT2D eigenvalue weighted by atomic mass is 9.80. The molecule has 0 bridgehead atoms. The standard InChI is InChI=1S/C22H39N5O3.HI/c1-21(2,3)30-20(28)25-9-10-27-18(16-25)15-23-19(27)24-17-22(7-5-4-6-8-22)26-11-13-29-14-12-26;/h18H,4-17H2,1-3H3,(H,23,24);1H.